The fraction of sp³-hybridized carbons (Fsp3) is 0.368. The summed E-state index contributed by atoms with van der Waals surface area (Å²) in [4.78, 5) is 22.4. The van der Waals surface area contributed by atoms with Gasteiger partial charge in [-0.3, -0.25) is 9.20 Å². The third-order valence-electron chi connectivity index (χ3n) is 4.96. The Morgan fingerprint density at radius 2 is 1.93 bits per heavy atom. The quantitative estimate of drug-likeness (QED) is 0.661. The van der Waals surface area contributed by atoms with E-state index in [0.29, 0.717) is 34.2 Å². The molecule has 3 aromatic rings. The van der Waals surface area contributed by atoms with Crippen molar-refractivity contribution in [1.29, 1.82) is 0 Å². The number of alkyl halides is 3. The Labute approximate surface area is 164 Å². The number of hydrogen-bond donors (Lipinski definition) is 0. The molecular weight excluding hydrogens is 389 g/mol. The van der Waals surface area contributed by atoms with Gasteiger partial charge in [-0.25, -0.2) is 4.98 Å². The molecular formula is C19H19F3N4OS. The number of rotatable bonds is 3. The zero-order chi connectivity index (χ0) is 19.9. The maximum atomic E-state index is 12.9. The fourth-order valence-electron chi connectivity index (χ4n) is 3.31. The predicted molar refractivity (Wildman–Crippen MR) is 102 cm³/mol. The van der Waals surface area contributed by atoms with Gasteiger partial charge in [0.1, 0.15) is 5.69 Å². The standard InChI is InChI=1S/C19H19F3N4OS/c1-2-24-6-8-25(9-7-24)17(27)15-11-26-12-16(28-18(26)23-15)13-4-3-5-14(10-13)19(20,21)22/h3-5,10-12H,2,6-9H2,1H3. The number of nitrogens with zero attached hydrogens (tertiary/aromatic N) is 4. The minimum atomic E-state index is -4.38. The molecule has 0 unspecified atom stereocenters. The van der Waals surface area contributed by atoms with Crippen molar-refractivity contribution in [2.45, 2.75) is 13.1 Å². The molecule has 1 aromatic carbocycles. The fourth-order valence-corrected chi connectivity index (χ4v) is 4.27. The second kappa shape index (κ2) is 7.21. The molecule has 0 saturated carbocycles. The lowest BCUT2D eigenvalue weighted by Crippen LogP contribution is -2.48. The molecule has 1 aliphatic heterocycles. The SMILES string of the molecule is CCN1CCN(C(=O)c2cn3cc(-c4cccc(C(F)(F)F)c4)sc3n2)CC1. The molecule has 5 nitrogen and oxygen atoms in total. The first-order valence-electron chi connectivity index (χ1n) is 9.03. The van der Waals surface area contributed by atoms with Crippen molar-refractivity contribution < 1.29 is 18.0 Å². The molecule has 9 heteroatoms. The molecule has 1 saturated heterocycles. The lowest BCUT2D eigenvalue weighted by Gasteiger charge is -2.33. The van der Waals surface area contributed by atoms with Crippen LogP contribution < -0.4 is 0 Å². The molecule has 0 N–H and O–H groups in total. The maximum Gasteiger partial charge on any atom is 0.416 e. The van der Waals surface area contributed by atoms with Gasteiger partial charge in [-0.15, -0.1) is 0 Å². The zero-order valence-electron chi connectivity index (χ0n) is 15.2. The number of carbonyl (C=O) groups excluding carboxylic acids is 1. The number of amides is 1. The van der Waals surface area contributed by atoms with E-state index in [9.17, 15) is 18.0 Å². The van der Waals surface area contributed by atoms with E-state index in [0.717, 1.165) is 31.8 Å². The molecule has 1 fully saturated rings. The number of imidazole rings is 1. The number of benzene rings is 1. The highest BCUT2D eigenvalue weighted by Gasteiger charge is 2.30. The molecule has 0 radical (unpaired) electrons. The summed E-state index contributed by atoms with van der Waals surface area (Å²) in [5.41, 5.74) is 0.166. The van der Waals surface area contributed by atoms with Gasteiger partial charge in [0.2, 0.25) is 0 Å². The molecule has 148 valence electrons. The van der Waals surface area contributed by atoms with Crippen LogP contribution in [-0.4, -0.2) is 57.8 Å². The Hall–Kier alpha value is -2.39. The van der Waals surface area contributed by atoms with Crippen LogP contribution in [0.2, 0.25) is 0 Å². The number of aromatic nitrogens is 2. The first-order valence-corrected chi connectivity index (χ1v) is 9.84. The first kappa shape index (κ1) is 18.9. The summed E-state index contributed by atoms with van der Waals surface area (Å²) in [6.45, 7) is 6.12. The summed E-state index contributed by atoms with van der Waals surface area (Å²) in [5.74, 6) is -0.104. The van der Waals surface area contributed by atoms with E-state index in [4.69, 9.17) is 0 Å². The Balaban J connectivity index is 1.55. The molecule has 0 spiro atoms. The third kappa shape index (κ3) is 3.64. The summed E-state index contributed by atoms with van der Waals surface area (Å²) < 4.78 is 40.5. The molecule has 1 amide bonds. The first-order chi connectivity index (χ1) is 13.3. The van der Waals surface area contributed by atoms with Crippen LogP contribution in [0.3, 0.4) is 0 Å². The number of thiazole rings is 1. The summed E-state index contributed by atoms with van der Waals surface area (Å²) >= 11 is 1.26. The van der Waals surface area contributed by atoms with Gasteiger partial charge in [-0.1, -0.05) is 30.4 Å². The minimum Gasteiger partial charge on any atom is -0.335 e. The van der Waals surface area contributed by atoms with Crippen LogP contribution in [0.25, 0.3) is 15.4 Å². The minimum absolute atomic E-state index is 0.104. The van der Waals surface area contributed by atoms with Crippen molar-refractivity contribution in [2.75, 3.05) is 32.7 Å². The van der Waals surface area contributed by atoms with Crippen LogP contribution in [0.5, 0.6) is 0 Å². The molecule has 0 atom stereocenters. The van der Waals surface area contributed by atoms with Gasteiger partial charge >= 0.3 is 6.18 Å². The summed E-state index contributed by atoms with van der Waals surface area (Å²) in [5, 5.41) is 0. The van der Waals surface area contributed by atoms with E-state index in [1.54, 1.807) is 27.8 Å². The van der Waals surface area contributed by atoms with Crippen molar-refractivity contribution in [3.8, 4) is 10.4 Å². The average Bonchev–Trinajstić information content (AvgIpc) is 3.26. The van der Waals surface area contributed by atoms with Gasteiger partial charge in [0.15, 0.2) is 4.96 Å². The summed E-state index contributed by atoms with van der Waals surface area (Å²) in [6.07, 6.45) is -1.01. The van der Waals surface area contributed by atoms with Gasteiger partial charge in [0.05, 0.1) is 10.4 Å². The van der Waals surface area contributed by atoms with Crippen LogP contribution in [0.15, 0.2) is 36.7 Å². The van der Waals surface area contributed by atoms with Crippen LogP contribution >= 0.6 is 11.3 Å². The highest BCUT2D eigenvalue weighted by Crippen LogP contribution is 2.34. The van der Waals surface area contributed by atoms with E-state index in [-0.39, 0.29) is 5.91 Å². The van der Waals surface area contributed by atoms with E-state index in [1.807, 2.05) is 0 Å². The van der Waals surface area contributed by atoms with Crippen molar-refractivity contribution in [3.63, 3.8) is 0 Å². The second-order valence-electron chi connectivity index (χ2n) is 6.72. The van der Waals surface area contributed by atoms with Crippen LogP contribution in [0.1, 0.15) is 23.0 Å². The van der Waals surface area contributed by atoms with E-state index >= 15 is 0 Å². The monoisotopic (exact) mass is 408 g/mol. The Morgan fingerprint density at radius 3 is 2.57 bits per heavy atom. The molecule has 28 heavy (non-hydrogen) atoms. The Kier molecular flexibility index (Phi) is 4.88. The van der Waals surface area contributed by atoms with E-state index < -0.39 is 11.7 Å². The van der Waals surface area contributed by atoms with Crippen molar-refractivity contribution >= 4 is 22.2 Å². The second-order valence-corrected chi connectivity index (χ2v) is 7.73. The van der Waals surface area contributed by atoms with Crippen molar-refractivity contribution in [1.82, 2.24) is 19.2 Å². The van der Waals surface area contributed by atoms with Gasteiger partial charge in [-0.05, 0) is 24.2 Å². The lowest BCUT2D eigenvalue weighted by molar-refractivity contribution is -0.137. The highest BCUT2D eigenvalue weighted by atomic mass is 32.1. The summed E-state index contributed by atoms with van der Waals surface area (Å²) in [7, 11) is 0. The molecule has 1 aliphatic rings. The number of fused-ring (bicyclic) bond motifs is 1. The smallest absolute Gasteiger partial charge is 0.335 e. The Morgan fingerprint density at radius 1 is 1.18 bits per heavy atom. The number of piperazine rings is 1. The average molecular weight is 408 g/mol. The van der Waals surface area contributed by atoms with E-state index in [2.05, 4.69) is 16.8 Å². The highest BCUT2D eigenvalue weighted by molar-refractivity contribution is 7.20. The van der Waals surface area contributed by atoms with Crippen LogP contribution in [-0.2, 0) is 6.18 Å². The molecule has 0 bridgehead atoms. The lowest BCUT2D eigenvalue weighted by atomic mass is 10.1. The number of carbonyl (C=O) groups is 1. The van der Waals surface area contributed by atoms with Gasteiger partial charge < -0.3 is 9.80 Å². The predicted octanol–water partition coefficient (Wildman–Crippen LogP) is 3.86. The number of halogens is 3. The number of likely N-dealkylation sites (N-methyl/N-ethyl adjacent to an activating group) is 1. The van der Waals surface area contributed by atoms with Gasteiger partial charge in [0.25, 0.3) is 5.91 Å². The third-order valence-corrected chi connectivity index (χ3v) is 6.00. The van der Waals surface area contributed by atoms with Crippen molar-refractivity contribution in [2.24, 2.45) is 0 Å². The molecule has 2 aromatic heterocycles. The van der Waals surface area contributed by atoms with Gasteiger partial charge in [-0.2, -0.15) is 13.2 Å². The number of hydrogen-bond acceptors (Lipinski definition) is 4. The zero-order valence-corrected chi connectivity index (χ0v) is 16.1. The van der Waals surface area contributed by atoms with Gasteiger partial charge in [0, 0.05) is 38.6 Å². The molecule has 0 aliphatic carbocycles. The molecule has 4 rings (SSSR count). The van der Waals surface area contributed by atoms with Crippen molar-refractivity contribution in [3.05, 3.63) is 47.9 Å². The molecule has 3 heterocycles. The van der Waals surface area contributed by atoms with Crippen LogP contribution in [0.4, 0.5) is 13.2 Å². The van der Waals surface area contributed by atoms with Crippen LogP contribution in [0, 0.1) is 0 Å². The van der Waals surface area contributed by atoms with E-state index in [1.165, 1.54) is 17.4 Å². The normalized spacial score (nSPS) is 16.1. The maximum absolute atomic E-state index is 12.9. The topological polar surface area (TPSA) is 40.9 Å². The summed E-state index contributed by atoms with van der Waals surface area (Å²) in [6, 6.07) is 5.22. The Bertz CT molecular complexity index is 971. The largest absolute Gasteiger partial charge is 0.416 e.